The van der Waals surface area contributed by atoms with E-state index in [0.717, 1.165) is 0 Å². The number of hydrogen-bond acceptors (Lipinski definition) is 9. The zero-order chi connectivity index (χ0) is 31.6. The van der Waals surface area contributed by atoms with Crippen LogP contribution in [0.4, 0.5) is 28.0 Å². The van der Waals surface area contributed by atoms with Crippen LogP contribution in [0.1, 0.15) is 32.9 Å². The van der Waals surface area contributed by atoms with Crippen LogP contribution in [0.2, 0.25) is 0 Å². The van der Waals surface area contributed by atoms with E-state index in [9.17, 15) is 18.0 Å². The zero-order valence-electron chi connectivity index (χ0n) is 24.7. The van der Waals surface area contributed by atoms with Gasteiger partial charge in [0.15, 0.2) is 5.65 Å². The van der Waals surface area contributed by atoms with Gasteiger partial charge in [0, 0.05) is 37.7 Å². The summed E-state index contributed by atoms with van der Waals surface area (Å²) in [5.41, 5.74) is -4.92. The molecule has 0 radical (unpaired) electrons. The maximum Gasteiger partial charge on any atom is 0.447 e. The molecule has 1 aliphatic rings. The number of aliphatic hydroxyl groups is 1. The highest BCUT2D eigenvalue weighted by Crippen LogP contribution is 2.40. The van der Waals surface area contributed by atoms with Crippen LogP contribution < -0.4 is 10.6 Å². The van der Waals surface area contributed by atoms with Crippen molar-refractivity contribution in [1.82, 2.24) is 19.6 Å². The Hall–Kier alpha value is -2.77. The first-order valence-electron chi connectivity index (χ1n) is 13.9. The fourth-order valence-corrected chi connectivity index (χ4v) is 5.24. The van der Waals surface area contributed by atoms with E-state index in [4.69, 9.17) is 19.3 Å². The Kier molecular flexibility index (Phi) is 12.8. The summed E-state index contributed by atoms with van der Waals surface area (Å²) < 4.78 is 73.2. The van der Waals surface area contributed by atoms with Gasteiger partial charge in [0.2, 0.25) is 0 Å². The molecule has 1 amide bonds. The number of carbonyl (C=O) groups excluding carboxylic acids is 1. The van der Waals surface area contributed by atoms with E-state index < -0.39 is 29.4 Å². The molecule has 3 unspecified atom stereocenters. The summed E-state index contributed by atoms with van der Waals surface area (Å²) in [5.74, 6) is 5.10. The average molecular weight is 634 g/mol. The molecule has 43 heavy (non-hydrogen) atoms. The predicted octanol–water partition coefficient (Wildman–Crippen LogP) is 3.92. The monoisotopic (exact) mass is 633 g/mol. The summed E-state index contributed by atoms with van der Waals surface area (Å²) >= 11 is -0.351. The molecule has 0 bridgehead atoms. The number of piperidine rings is 1. The SMILES string of the molecule is CN1CC(F)C(Nc2cccn3c(SC(F)(F)F)c(C#CCNC(=O)OC(C)(C)C)nc23)C(CCOCCOCCO)C1. The normalized spacial score (nSPS) is 19.6. The molecular weight excluding hydrogens is 594 g/mol. The molecule has 0 aromatic carbocycles. The molecule has 0 saturated carbocycles. The molecule has 2 aromatic heterocycles. The molecule has 10 nitrogen and oxygen atoms in total. The number of fused-ring (bicyclic) bond motifs is 1. The van der Waals surface area contributed by atoms with Gasteiger partial charge in [-0.15, -0.1) is 0 Å². The predicted molar refractivity (Wildman–Crippen MR) is 155 cm³/mol. The summed E-state index contributed by atoms with van der Waals surface area (Å²) in [6.07, 6.45) is 0.0183. The van der Waals surface area contributed by atoms with Crippen molar-refractivity contribution >= 4 is 29.2 Å². The number of pyridine rings is 1. The first-order chi connectivity index (χ1) is 20.3. The van der Waals surface area contributed by atoms with E-state index >= 15 is 4.39 Å². The van der Waals surface area contributed by atoms with Gasteiger partial charge in [0.25, 0.3) is 0 Å². The second kappa shape index (κ2) is 15.8. The Morgan fingerprint density at radius 2 is 1.91 bits per heavy atom. The van der Waals surface area contributed by atoms with Crippen molar-refractivity contribution in [2.45, 2.75) is 55.5 Å². The van der Waals surface area contributed by atoms with Crippen LogP contribution >= 0.6 is 11.8 Å². The highest BCUT2D eigenvalue weighted by molar-refractivity contribution is 8.00. The minimum atomic E-state index is -4.61. The van der Waals surface area contributed by atoms with Crippen molar-refractivity contribution in [3.05, 3.63) is 24.0 Å². The van der Waals surface area contributed by atoms with Gasteiger partial charge in [-0.2, -0.15) is 13.2 Å². The van der Waals surface area contributed by atoms with E-state index in [0.29, 0.717) is 38.5 Å². The Bertz CT molecular complexity index is 1260. The summed E-state index contributed by atoms with van der Waals surface area (Å²) in [5, 5.41) is 14.2. The van der Waals surface area contributed by atoms with Crippen molar-refractivity contribution < 1.29 is 41.7 Å². The van der Waals surface area contributed by atoms with Gasteiger partial charge in [0.05, 0.1) is 44.7 Å². The third kappa shape index (κ3) is 11.3. The fourth-order valence-electron chi connectivity index (χ4n) is 4.58. The molecule has 0 spiro atoms. The van der Waals surface area contributed by atoms with E-state index in [1.54, 1.807) is 32.9 Å². The third-order valence-corrected chi connectivity index (χ3v) is 7.05. The summed E-state index contributed by atoms with van der Waals surface area (Å²) in [6.45, 7) is 6.91. The quantitative estimate of drug-likeness (QED) is 0.139. The number of alkyl carbamates (subject to hydrolysis) is 1. The number of imidazole rings is 1. The van der Waals surface area contributed by atoms with E-state index in [2.05, 4.69) is 27.5 Å². The van der Waals surface area contributed by atoms with Crippen molar-refractivity contribution in [2.75, 3.05) is 65.0 Å². The van der Waals surface area contributed by atoms with Crippen molar-refractivity contribution in [3.8, 4) is 11.8 Å². The molecule has 15 heteroatoms. The molecule has 1 aliphatic heterocycles. The van der Waals surface area contributed by atoms with Gasteiger partial charge in [-0.05, 0) is 58.2 Å². The molecule has 240 valence electrons. The number of amides is 1. The lowest BCUT2D eigenvalue weighted by Crippen LogP contribution is -2.53. The number of nitrogens with one attached hydrogen (secondary N) is 2. The third-order valence-electron chi connectivity index (χ3n) is 6.24. The molecule has 2 aromatic rings. The standard InChI is InChI=1S/C28H39F4N5O5S/c1-27(2,3)42-26(39)33-10-5-7-22-25(43-28(30,31)32)37-11-6-8-21(24(37)35-22)34-23-19(17-36(4)18-20(23)29)9-13-40-15-16-41-14-12-38/h6,8,11,19-20,23,34,38H,9-10,12-18H2,1-4H3,(H,33,39). The lowest BCUT2D eigenvalue weighted by Gasteiger charge is -2.40. The van der Waals surface area contributed by atoms with Crippen LogP contribution in [0.25, 0.3) is 5.65 Å². The topological polar surface area (TPSA) is 110 Å². The van der Waals surface area contributed by atoms with Gasteiger partial charge in [-0.25, -0.2) is 14.2 Å². The number of carbonyl (C=O) groups is 1. The van der Waals surface area contributed by atoms with Crippen LogP contribution in [-0.4, -0.2) is 109 Å². The van der Waals surface area contributed by atoms with Gasteiger partial charge < -0.3 is 34.9 Å². The molecule has 3 atom stereocenters. The second-order valence-corrected chi connectivity index (χ2v) is 12.0. The minimum absolute atomic E-state index is 0.0707. The number of nitrogens with zero attached hydrogens (tertiary/aromatic N) is 3. The number of rotatable bonds is 12. The summed E-state index contributed by atoms with van der Waals surface area (Å²) in [7, 11) is 1.83. The maximum atomic E-state index is 15.4. The Balaban J connectivity index is 1.81. The molecule has 3 N–H and O–H groups in total. The largest absolute Gasteiger partial charge is 0.447 e. The van der Waals surface area contributed by atoms with Crippen LogP contribution in [0.5, 0.6) is 0 Å². The molecule has 3 heterocycles. The number of hydrogen-bond donors (Lipinski definition) is 3. The van der Waals surface area contributed by atoms with Crippen LogP contribution in [0.3, 0.4) is 0 Å². The summed E-state index contributed by atoms with van der Waals surface area (Å²) in [4.78, 5) is 18.2. The highest BCUT2D eigenvalue weighted by atomic mass is 32.2. The lowest BCUT2D eigenvalue weighted by molar-refractivity contribution is -0.0330. The molecule has 1 fully saturated rings. The number of likely N-dealkylation sites (tertiary alicyclic amines) is 1. The zero-order valence-corrected chi connectivity index (χ0v) is 25.5. The number of thioether (sulfide) groups is 1. The highest BCUT2D eigenvalue weighted by Gasteiger charge is 2.37. The Labute approximate surface area is 252 Å². The van der Waals surface area contributed by atoms with Crippen molar-refractivity contribution in [1.29, 1.82) is 0 Å². The van der Waals surface area contributed by atoms with Crippen molar-refractivity contribution in [3.63, 3.8) is 0 Å². The van der Waals surface area contributed by atoms with Crippen LogP contribution in [0.15, 0.2) is 23.4 Å². The molecule has 1 saturated heterocycles. The Morgan fingerprint density at radius 3 is 2.58 bits per heavy atom. The second-order valence-electron chi connectivity index (χ2n) is 11.0. The van der Waals surface area contributed by atoms with Gasteiger partial charge in [0.1, 0.15) is 22.5 Å². The lowest BCUT2D eigenvalue weighted by atomic mass is 9.88. The molecule has 0 aliphatic carbocycles. The average Bonchev–Trinajstić information content (AvgIpc) is 3.23. The molecular formula is C28H39F4N5O5S. The van der Waals surface area contributed by atoms with Crippen molar-refractivity contribution in [2.24, 2.45) is 5.92 Å². The van der Waals surface area contributed by atoms with Crippen LogP contribution in [0, 0.1) is 17.8 Å². The summed E-state index contributed by atoms with van der Waals surface area (Å²) in [6, 6.07) is 2.56. The van der Waals surface area contributed by atoms with Gasteiger partial charge in [-0.1, -0.05) is 5.92 Å². The first kappa shape index (κ1) is 34.7. The number of halogens is 4. The van der Waals surface area contributed by atoms with Gasteiger partial charge >= 0.3 is 11.6 Å². The Morgan fingerprint density at radius 1 is 1.19 bits per heavy atom. The number of anilines is 1. The van der Waals surface area contributed by atoms with E-state index in [-0.39, 0.29) is 60.4 Å². The minimum Gasteiger partial charge on any atom is -0.444 e. The fraction of sp³-hybridized carbons (Fsp3) is 0.643. The van der Waals surface area contributed by atoms with Crippen LogP contribution in [-0.2, 0) is 14.2 Å². The maximum absolute atomic E-state index is 15.4. The first-order valence-corrected chi connectivity index (χ1v) is 14.7. The number of aromatic nitrogens is 2. The number of alkyl halides is 4. The van der Waals surface area contributed by atoms with E-state index in [1.165, 1.54) is 10.6 Å². The number of aliphatic hydroxyl groups excluding tert-OH is 1. The smallest absolute Gasteiger partial charge is 0.444 e. The molecule has 3 rings (SSSR count). The van der Waals surface area contributed by atoms with E-state index in [1.807, 2.05) is 11.9 Å². The number of ether oxygens (including phenoxy) is 3. The van der Waals surface area contributed by atoms with Gasteiger partial charge in [-0.3, -0.25) is 4.40 Å².